The number of thiophene rings is 2. The molecule has 0 aliphatic carbocycles. The molecule has 1 saturated heterocycles. The van der Waals surface area contributed by atoms with Crippen LogP contribution in [-0.2, 0) is 0 Å². The van der Waals surface area contributed by atoms with E-state index in [1.165, 1.54) is 22.7 Å². The normalized spacial score (nSPS) is 14.9. The van der Waals surface area contributed by atoms with Crippen LogP contribution in [0.3, 0.4) is 0 Å². The first-order valence-electron chi connectivity index (χ1n) is 8.86. The maximum Gasteiger partial charge on any atom is 0.266 e. The van der Waals surface area contributed by atoms with Gasteiger partial charge in [0.2, 0.25) is 0 Å². The molecule has 8 heteroatoms. The molecule has 1 aliphatic rings. The largest absolute Gasteiger partial charge is 0.397 e. The molecule has 138 valence electrons. The van der Waals surface area contributed by atoms with Crippen molar-refractivity contribution in [1.82, 2.24) is 9.88 Å². The number of carbonyl (C=O) groups excluding carboxylic acids is 1. The van der Waals surface area contributed by atoms with Crippen LogP contribution in [0, 0.1) is 11.3 Å². The summed E-state index contributed by atoms with van der Waals surface area (Å²) in [6.07, 6.45) is 4.33. The van der Waals surface area contributed by atoms with Crippen molar-refractivity contribution in [2.45, 2.75) is 25.7 Å². The van der Waals surface area contributed by atoms with Crippen molar-refractivity contribution in [2.24, 2.45) is 0 Å². The third-order valence-electron chi connectivity index (χ3n) is 4.87. The Labute approximate surface area is 165 Å². The van der Waals surface area contributed by atoms with Crippen molar-refractivity contribution in [3.05, 3.63) is 28.0 Å². The number of hydrogen-bond acceptors (Lipinski definition) is 7. The SMILES string of the molecule is N#Cc1c(N)nc2sc(C(=O)N3CCCCCC3)c(N)c2c1-c1cccs1. The summed E-state index contributed by atoms with van der Waals surface area (Å²) in [6.45, 7) is 1.51. The van der Waals surface area contributed by atoms with E-state index in [1.807, 2.05) is 22.4 Å². The van der Waals surface area contributed by atoms with Crippen LogP contribution in [0.1, 0.15) is 40.9 Å². The fourth-order valence-electron chi connectivity index (χ4n) is 3.53. The highest BCUT2D eigenvalue weighted by atomic mass is 32.1. The Morgan fingerprint density at radius 1 is 1.22 bits per heavy atom. The number of hydrogen-bond donors (Lipinski definition) is 2. The van der Waals surface area contributed by atoms with E-state index in [1.54, 1.807) is 0 Å². The highest BCUT2D eigenvalue weighted by molar-refractivity contribution is 7.21. The van der Waals surface area contributed by atoms with E-state index in [9.17, 15) is 10.1 Å². The number of nitriles is 1. The number of fused-ring (bicyclic) bond motifs is 1. The number of pyridine rings is 1. The molecule has 1 amide bonds. The van der Waals surface area contributed by atoms with Crippen molar-refractivity contribution in [3.63, 3.8) is 0 Å². The standard InChI is InChI=1S/C19H19N5OS2/c20-10-11-13(12-6-5-9-26-12)14-15(21)16(27-18(14)23-17(11)22)19(25)24-7-3-1-2-4-8-24/h5-6,9H,1-4,7-8,21H2,(H2,22,23). The van der Waals surface area contributed by atoms with Crippen LogP contribution in [0.5, 0.6) is 0 Å². The van der Waals surface area contributed by atoms with Gasteiger partial charge in [-0.25, -0.2) is 4.98 Å². The Morgan fingerprint density at radius 3 is 2.59 bits per heavy atom. The minimum absolute atomic E-state index is 0.0494. The predicted octanol–water partition coefficient (Wildman–Crippen LogP) is 4.08. The molecule has 0 saturated carbocycles. The molecule has 3 aromatic rings. The smallest absolute Gasteiger partial charge is 0.266 e. The number of anilines is 2. The lowest BCUT2D eigenvalue weighted by Gasteiger charge is -2.19. The average Bonchev–Trinajstić information content (AvgIpc) is 3.20. The summed E-state index contributed by atoms with van der Waals surface area (Å²) in [5.74, 6) is 0.120. The van der Waals surface area contributed by atoms with E-state index in [4.69, 9.17) is 11.5 Å². The summed E-state index contributed by atoms with van der Waals surface area (Å²) < 4.78 is 0. The molecule has 3 aromatic heterocycles. The Balaban J connectivity index is 1.90. The first-order chi connectivity index (χ1) is 13.1. The summed E-state index contributed by atoms with van der Waals surface area (Å²) in [5, 5.41) is 12.2. The zero-order chi connectivity index (χ0) is 19.0. The number of aromatic nitrogens is 1. The molecule has 4 N–H and O–H groups in total. The summed E-state index contributed by atoms with van der Waals surface area (Å²) in [5.41, 5.74) is 13.9. The summed E-state index contributed by atoms with van der Waals surface area (Å²) in [4.78, 5) is 21.4. The first-order valence-corrected chi connectivity index (χ1v) is 10.6. The van der Waals surface area contributed by atoms with Gasteiger partial charge in [0.25, 0.3) is 5.91 Å². The zero-order valence-electron chi connectivity index (χ0n) is 14.7. The van der Waals surface area contributed by atoms with Crippen LogP contribution in [0.15, 0.2) is 17.5 Å². The highest BCUT2D eigenvalue weighted by Crippen LogP contribution is 2.44. The second-order valence-corrected chi connectivity index (χ2v) is 8.51. The summed E-state index contributed by atoms with van der Waals surface area (Å²) in [7, 11) is 0. The number of carbonyl (C=O) groups is 1. The topological polar surface area (TPSA) is 109 Å². The predicted molar refractivity (Wildman–Crippen MR) is 111 cm³/mol. The van der Waals surface area contributed by atoms with Crippen LogP contribution in [-0.4, -0.2) is 28.9 Å². The molecule has 27 heavy (non-hydrogen) atoms. The van der Waals surface area contributed by atoms with Crippen LogP contribution in [0.2, 0.25) is 0 Å². The molecular weight excluding hydrogens is 378 g/mol. The molecule has 1 aliphatic heterocycles. The highest BCUT2D eigenvalue weighted by Gasteiger charge is 2.27. The van der Waals surface area contributed by atoms with Crippen molar-refractivity contribution in [1.29, 1.82) is 5.26 Å². The van der Waals surface area contributed by atoms with E-state index in [0.29, 0.717) is 31.9 Å². The number of nitrogen functional groups attached to an aromatic ring is 2. The van der Waals surface area contributed by atoms with Gasteiger partial charge in [-0.05, 0) is 24.3 Å². The monoisotopic (exact) mass is 397 g/mol. The molecule has 0 spiro atoms. The second-order valence-electron chi connectivity index (χ2n) is 6.57. The van der Waals surface area contributed by atoms with Crippen LogP contribution in [0.25, 0.3) is 20.7 Å². The number of likely N-dealkylation sites (tertiary alicyclic amines) is 1. The fourth-order valence-corrected chi connectivity index (χ4v) is 5.39. The lowest BCUT2D eigenvalue weighted by Crippen LogP contribution is -2.31. The fraction of sp³-hybridized carbons (Fsp3) is 0.316. The van der Waals surface area contributed by atoms with Crippen LogP contribution in [0.4, 0.5) is 11.5 Å². The maximum absolute atomic E-state index is 13.1. The van der Waals surface area contributed by atoms with Gasteiger partial charge in [0.1, 0.15) is 27.2 Å². The molecule has 0 radical (unpaired) electrons. The molecular formula is C19H19N5OS2. The van der Waals surface area contributed by atoms with E-state index in [2.05, 4.69) is 11.1 Å². The molecule has 6 nitrogen and oxygen atoms in total. The summed E-state index contributed by atoms with van der Waals surface area (Å²) >= 11 is 2.77. The van der Waals surface area contributed by atoms with Gasteiger partial charge in [0, 0.05) is 28.9 Å². The van der Waals surface area contributed by atoms with Gasteiger partial charge in [-0.3, -0.25) is 4.79 Å². The third kappa shape index (κ3) is 3.03. The minimum atomic E-state index is -0.0494. The van der Waals surface area contributed by atoms with Gasteiger partial charge < -0.3 is 16.4 Å². The van der Waals surface area contributed by atoms with Crippen molar-refractivity contribution in [3.8, 4) is 16.5 Å². The van der Waals surface area contributed by atoms with Gasteiger partial charge >= 0.3 is 0 Å². The van der Waals surface area contributed by atoms with Crippen LogP contribution >= 0.6 is 22.7 Å². The van der Waals surface area contributed by atoms with E-state index < -0.39 is 0 Å². The van der Waals surface area contributed by atoms with Gasteiger partial charge in [-0.15, -0.1) is 22.7 Å². The average molecular weight is 398 g/mol. The lowest BCUT2D eigenvalue weighted by atomic mass is 10.0. The van der Waals surface area contributed by atoms with Crippen LogP contribution < -0.4 is 11.5 Å². The Kier molecular flexibility index (Phi) is 4.72. The maximum atomic E-state index is 13.1. The molecule has 0 bridgehead atoms. The molecule has 0 atom stereocenters. The molecule has 0 aromatic carbocycles. The Bertz CT molecular complexity index is 1040. The third-order valence-corrected chi connectivity index (χ3v) is 6.85. The van der Waals surface area contributed by atoms with Crippen molar-refractivity contribution < 1.29 is 4.79 Å². The zero-order valence-corrected chi connectivity index (χ0v) is 16.3. The molecule has 4 heterocycles. The number of nitrogens with zero attached hydrogens (tertiary/aromatic N) is 3. The summed E-state index contributed by atoms with van der Waals surface area (Å²) in [6, 6.07) is 5.99. The van der Waals surface area contributed by atoms with Gasteiger partial charge in [-0.1, -0.05) is 18.9 Å². The van der Waals surface area contributed by atoms with Crippen molar-refractivity contribution >= 4 is 50.3 Å². The molecule has 1 fully saturated rings. The van der Waals surface area contributed by atoms with Gasteiger partial charge in [0.15, 0.2) is 0 Å². The number of rotatable bonds is 2. The van der Waals surface area contributed by atoms with E-state index in [0.717, 1.165) is 43.6 Å². The number of amides is 1. The van der Waals surface area contributed by atoms with Crippen molar-refractivity contribution in [2.75, 3.05) is 24.6 Å². The first kappa shape index (κ1) is 17.8. The van der Waals surface area contributed by atoms with E-state index in [-0.39, 0.29) is 11.7 Å². The molecule has 4 rings (SSSR count). The molecule has 0 unspecified atom stereocenters. The van der Waals surface area contributed by atoms with E-state index >= 15 is 0 Å². The van der Waals surface area contributed by atoms with Gasteiger partial charge in [-0.2, -0.15) is 5.26 Å². The Morgan fingerprint density at radius 2 is 1.96 bits per heavy atom. The lowest BCUT2D eigenvalue weighted by molar-refractivity contribution is 0.0767. The minimum Gasteiger partial charge on any atom is -0.397 e. The second kappa shape index (κ2) is 7.18. The van der Waals surface area contributed by atoms with Gasteiger partial charge in [0.05, 0.1) is 5.69 Å². The number of nitrogens with two attached hydrogens (primary N) is 2. The quantitative estimate of drug-likeness (QED) is 0.677. The Hall–Kier alpha value is -2.63.